The van der Waals surface area contributed by atoms with Crippen LogP contribution in [0.4, 0.5) is 5.69 Å². The summed E-state index contributed by atoms with van der Waals surface area (Å²) in [7, 11) is 0. The number of anilines is 1. The Balaban J connectivity index is 1.76. The van der Waals surface area contributed by atoms with Gasteiger partial charge in [-0.1, -0.05) is 55.7 Å². The fourth-order valence-corrected chi connectivity index (χ4v) is 7.48. The monoisotopic (exact) mass is 585 g/mol. The van der Waals surface area contributed by atoms with Crippen LogP contribution in [0.25, 0.3) is 0 Å². The number of nitrogens with zero attached hydrogens (tertiary/aromatic N) is 3. The summed E-state index contributed by atoms with van der Waals surface area (Å²) < 4.78 is 6.81. The predicted octanol–water partition coefficient (Wildman–Crippen LogP) is 4.60. The van der Waals surface area contributed by atoms with Gasteiger partial charge in [0.05, 0.1) is 28.1 Å². The van der Waals surface area contributed by atoms with Crippen molar-refractivity contribution in [1.82, 2.24) is 9.80 Å². The number of halogens is 1. The first-order chi connectivity index (χ1) is 19.7. The highest BCUT2D eigenvalue weighted by atomic mass is 35.5. The average Bonchev–Trinajstić information content (AvgIpc) is 3.52. The Bertz CT molecular complexity index is 1160. The highest BCUT2D eigenvalue weighted by molar-refractivity contribution is 6.34. The molecule has 3 heterocycles. The van der Waals surface area contributed by atoms with Crippen molar-refractivity contribution in [3.63, 3.8) is 0 Å². The average molecular weight is 586 g/mol. The molecule has 8 nitrogen and oxygen atoms in total. The van der Waals surface area contributed by atoms with Crippen molar-refractivity contribution >= 4 is 35.0 Å². The van der Waals surface area contributed by atoms with Crippen LogP contribution in [0.15, 0.2) is 49.6 Å². The summed E-state index contributed by atoms with van der Waals surface area (Å²) in [5, 5.41) is 9.61. The highest BCUT2D eigenvalue weighted by Gasteiger charge is 2.78. The molecule has 3 amide bonds. The fraction of sp³-hybridized carbons (Fsp3) is 0.594. The lowest BCUT2D eigenvalue weighted by Crippen LogP contribution is -2.56. The van der Waals surface area contributed by atoms with Crippen LogP contribution in [0.3, 0.4) is 0 Å². The molecule has 0 saturated carbocycles. The zero-order valence-corrected chi connectivity index (χ0v) is 25.2. The molecule has 2 unspecified atom stereocenters. The number of rotatable bonds is 15. The zero-order chi connectivity index (χ0) is 29.8. The summed E-state index contributed by atoms with van der Waals surface area (Å²) in [5.74, 6) is -2.02. The Labute approximate surface area is 248 Å². The normalized spacial score (nSPS) is 28.0. The maximum atomic E-state index is 14.6. The second kappa shape index (κ2) is 13.1. The van der Waals surface area contributed by atoms with Crippen molar-refractivity contribution in [1.29, 1.82) is 0 Å². The van der Waals surface area contributed by atoms with E-state index in [0.717, 1.165) is 19.3 Å². The van der Waals surface area contributed by atoms with Gasteiger partial charge in [0.1, 0.15) is 11.6 Å². The minimum absolute atomic E-state index is 0.112. The van der Waals surface area contributed by atoms with Crippen molar-refractivity contribution in [2.75, 3.05) is 37.7 Å². The molecule has 3 aliphatic rings. The van der Waals surface area contributed by atoms with E-state index in [1.54, 1.807) is 45.1 Å². The van der Waals surface area contributed by atoms with Crippen LogP contribution >= 0.6 is 11.6 Å². The van der Waals surface area contributed by atoms with E-state index in [1.165, 1.54) is 0 Å². The maximum Gasteiger partial charge on any atom is 0.253 e. The minimum atomic E-state index is -1.11. The van der Waals surface area contributed by atoms with E-state index in [-0.39, 0.29) is 30.9 Å². The Morgan fingerprint density at radius 1 is 1.12 bits per heavy atom. The summed E-state index contributed by atoms with van der Waals surface area (Å²) in [6.45, 7) is 13.3. The number of hydrogen-bond acceptors (Lipinski definition) is 5. The first kappa shape index (κ1) is 31.3. The van der Waals surface area contributed by atoms with Gasteiger partial charge in [0.25, 0.3) is 5.91 Å². The van der Waals surface area contributed by atoms with Gasteiger partial charge in [0, 0.05) is 32.8 Å². The molecule has 3 saturated heterocycles. The van der Waals surface area contributed by atoms with Crippen LogP contribution in [-0.4, -0.2) is 82.7 Å². The Morgan fingerprint density at radius 2 is 1.83 bits per heavy atom. The van der Waals surface area contributed by atoms with Gasteiger partial charge in [-0.15, -0.1) is 13.2 Å². The van der Waals surface area contributed by atoms with Crippen LogP contribution < -0.4 is 4.90 Å². The molecule has 1 N–H and O–H groups in total. The molecule has 5 atom stereocenters. The summed E-state index contributed by atoms with van der Waals surface area (Å²) in [6.07, 6.45) is 8.25. The second-order valence-electron chi connectivity index (χ2n) is 11.7. The topological polar surface area (TPSA) is 90.4 Å². The smallest absolute Gasteiger partial charge is 0.253 e. The van der Waals surface area contributed by atoms with Gasteiger partial charge in [-0.25, -0.2) is 0 Å². The van der Waals surface area contributed by atoms with Crippen LogP contribution in [0.1, 0.15) is 58.8 Å². The van der Waals surface area contributed by atoms with Crippen LogP contribution in [-0.2, 0) is 19.1 Å². The number of benzene rings is 1. The van der Waals surface area contributed by atoms with E-state index in [4.69, 9.17) is 16.3 Å². The SMILES string of the molecule is C=CCN(CCC)C(=O)[C@H]1[C@H]2C(=O)N(CCCCCCO)C(C(=O)N(CC=C)c3ccccc3Cl)C23CC[C@]1(C)O3. The molecular weight excluding hydrogens is 542 g/mol. The fourth-order valence-electron chi connectivity index (χ4n) is 7.24. The van der Waals surface area contributed by atoms with Crippen molar-refractivity contribution in [3.8, 4) is 0 Å². The number of para-hydroxylation sites is 1. The number of ether oxygens (including phenoxy) is 1. The predicted molar refractivity (Wildman–Crippen MR) is 161 cm³/mol. The number of amides is 3. The molecule has 4 rings (SSSR count). The molecule has 224 valence electrons. The lowest BCUT2D eigenvalue weighted by Gasteiger charge is -2.37. The third-order valence-corrected chi connectivity index (χ3v) is 9.28. The summed E-state index contributed by atoms with van der Waals surface area (Å²) in [6, 6.07) is 6.24. The molecule has 0 radical (unpaired) electrons. The largest absolute Gasteiger partial charge is 0.396 e. The van der Waals surface area contributed by atoms with Crippen molar-refractivity contribution in [2.45, 2.75) is 76.0 Å². The second-order valence-corrected chi connectivity index (χ2v) is 12.1. The van der Waals surface area contributed by atoms with Gasteiger partial charge in [-0.2, -0.15) is 0 Å². The number of unbranched alkanes of at least 4 members (excludes halogenated alkanes) is 3. The highest BCUT2D eigenvalue weighted by Crippen LogP contribution is 2.63. The standard InChI is InChI=1S/C32H44ClN3O5/c1-5-18-34(19-6-2)28(38)25-26-29(39)36(21-12-8-9-13-22-37)27(32(26)17-16-31(25,4)41-32)30(40)35(20-7-3)24-15-11-10-14-23(24)33/h5,7,10-11,14-15,25-27,37H,1,3,6,8-9,12-13,16-22H2,2,4H3/t25-,26+,27?,31+,32?/m1/s1. The number of carbonyl (C=O) groups is 3. The third-order valence-electron chi connectivity index (χ3n) is 8.96. The first-order valence-corrected chi connectivity index (χ1v) is 15.3. The van der Waals surface area contributed by atoms with E-state index in [9.17, 15) is 19.5 Å². The summed E-state index contributed by atoms with van der Waals surface area (Å²) in [4.78, 5) is 48.1. The maximum absolute atomic E-state index is 14.6. The number of aliphatic hydroxyl groups excluding tert-OH is 1. The lowest BCUT2D eigenvalue weighted by molar-refractivity contribution is -0.149. The number of aliphatic hydroxyl groups is 1. The van der Waals surface area contributed by atoms with Crippen molar-refractivity contribution in [3.05, 3.63) is 54.6 Å². The summed E-state index contributed by atoms with van der Waals surface area (Å²) >= 11 is 6.55. The molecule has 1 aromatic carbocycles. The Kier molecular flexibility index (Phi) is 9.98. The van der Waals surface area contributed by atoms with E-state index in [2.05, 4.69) is 13.2 Å². The number of hydrogen-bond donors (Lipinski definition) is 1. The minimum Gasteiger partial charge on any atom is -0.396 e. The molecule has 2 bridgehead atoms. The molecular formula is C32H44ClN3O5. The van der Waals surface area contributed by atoms with Crippen LogP contribution in [0, 0.1) is 11.8 Å². The van der Waals surface area contributed by atoms with Crippen molar-refractivity contribution < 1.29 is 24.2 Å². The Morgan fingerprint density at radius 3 is 2.49 bits per heavy atom. The molecule has 3 aliphatic heterocycles. The quantitative estimate of drug-likeness (QED) is 0.240. The van der Waals surface area contributed by atoms with Gasteiger partial charge >= 0.3 is 0 Å². The Hall–Kier alpha value is -2.68. The lowest BCUT2D eigenvalue weighted by atomic mass is 9.66. The van der Waals surface area contributed by atoms with E-state index < -0.39 is 29.1 Å². The first-order valence-electron chi connectivity index (χ1n) is 14.9. The summed E-state index contributed by atoms with van der Waals surface area (Å²) in [5.41, 5.74) is -1.41. The molecule has 0 aliphatic carbocycles. The van der Waals surface area contributed by atoms with Crippen molar-refractivity contribution in [2.24, 2.45) is 11.8 Å². The molecule has 9 heteroatoms. The third kappa shape index (κ3) is 5.58. The van der Waals surface area contributed by atoms with Gasteiger partial charge in [-0.05, 0) is 51.2 Å². The van der Waals surface area contributed by atoms with Crippen LogP contribution in [0.2, 0.25) is 5.02 Å². The van der Waals surface area contributed by atoms with Gasteiger partial charge in [0.2, 0.25) is 11.8 Å². The molecule has 0 aromatic heterocycles. The number of likely N-dealkylation sites (tertiary alicyclic amines) is 1. The molecule has 3 fully saturated rings. The van der Waals surface area contributed by atoms with E-state index in [1.807, 2.05) is 19.9 Å². The molecule has 1 aromatic rings. The van der Waals surface area contributed by atoms with Gasteiger partial charge in [-0.3, -0.25) is 14.4 Å². The van der Waals surface area contributed by atoms with Gasteiger partial charge < -0.3 is 24.5 Å². The van der Waals surface area contributed by atoms with E-state index >= 15 is 0 Å². The molecule has 1 spiro atoms. The number of carbonyl (C=O) groups excluding carboxylic acids is 3. The van der Waals surface area contributed by atoms with Crippen LogP contribution in [0.5, 0.6) is 0 Å². The molecule has 41 heavy (non-hydrogen) atoms. The van der Waals surface area contributed by atoms with E-state index in [0.29, 0.717) is 56.0 Å². The zero-order valence-electron chi connectivity index (χ0n) is 24.4. The van der Waals surface area contributed by atoms with Gasteiger partial charge in [0.15, 0.2) is 0 Å². The number of fused-ring (bicyclic) bond motifs is 1.